The predicted octanol–water partition coefficient (Wildman–Crippen LogP) is 2.60. The molecule has 0 aromatic heterocycles. The molecule has 124 valence electrons. The van der Waals surface area contributed by atoms with Gasteiger partial charge in [-0.15, -0.1) is 12.4 Å². The Bertz CT molecular complexity index is 471. The van der Waals surface area contributed by atoms with E-state index in [1.165, 1.54) is 0 Å². The molecule has 0 heterocycles. The predicted molar refractivity (Wildman–Crippen MR) is 86.5 cm³/mol. The summed E-state index contributed by atoms with van der Waals surface area (Å²) >= 11 is 0. The quantitative estimate of drug-likeness (QED) is 0.811. The second kappa shape index (κ2) is 9.43. The summed E-state index contributed by atoms with van der Waals surface area (Å²) in [6, 6.07) is 8.52. The molecular weight excluding hydrogens is 306 g/mol. The zero-order valence-electron chi connectivity index (χ0n) is 13.2. The van der Waals surface area contributed by atoms with Crippen LogP contribution in [0.25, 0.3) is 0 Å². The Balaban J connectivity index is 0.00000441. The van der Waals surface area contributed by atoms with Crippen molar-refractivity contribution in [3.63, 3.8) is 0 Å². The molecule has 22 heavy (non-hydrogen) atoms. The number of rotatable bonds is 6. The molecule has 0 aliphatic heterocycles. The third kappa shape index (κ3) is 8.64. The summed E-state index contributed by atoms with van der Waals surface area (Å²) in [5.41, 5.74) is 6.07. The zero-order chi connectivity index (χ0) is 15.9. The normalized spacial score (nSPS) is 12.0. The minimum atomic E-state index is -0.818. The Kier molecular flexibility index (Phi) is 8.75. The van der Waals surface area contributed by atoms with Gasteiger partial charge in [0, 0.05) is 6.42 Å². The van der Waals surface area contributed by atoms with Crippen LogP contribution in [0, 0.1) is 0 Å². The van der Waals surface area contributed by atoms with Gasteiger partial charge in [0.2, 0.25) is 0 Å². The fourth-order valence-electron chi connectivity index (χ4n) is 1.62. The smallest absolute Gasteiger partial charge is 0.323 e. The highest BCUT2D eigenvalue weighted by Gasteiger charge is 2.20. The van der Waals surface area contributed by atoms with Gasteiger partial charge in [-0.25, -0.2) is 0 Å². The lowest BCUT2D eigenvalue weighted by Crippen LogP contribution is -2.33. The lowest BCUT2D eigenvalue weighted by atomic mass is 10.1. The number of hydrogen-bond donors (Lipinski definition) is 1. The van der Waals surface area contributed by atoms with Crippen LogP contribution < -0.4 is 5.73 Å². The minimum Gasteiger partial charge on any atom is -0.460 e. The van der Waals surface area contributed by atoms with Crippen LogP contribution in [0.15, 0.2) is 30.3 Å². The third-order valence-electron chi connectivity index (χ3n) is 2.61. The zero-order valence-corrected chi connectivity index (χ0v) is 14.0. The molecule has 1 atom stereocenters. The monoisotopic (exact) mass is 329 g/mol. The van der Waals surface area contributed by atoms with Gasteiger partial charge in [-0.3, -0.25) is 9.59 Å². The molecule has 0 saturated heterocycles. The number of nitrogens with two attached hydrogens (primary N) is 1. The standard InChI is InChI=1S/C16H23NO4.ClH/c1-16(2,3)21-14(18)10-9-13(17)15(19)20-11-12-7-5-4-6-8-12;/h4-8,13H,9-11,17H2,1-3H3;1H. The van der Waals surface area contributed by atoms with Crippen molar-refractivity contribution >= 4 is 24.3 Å². The Morgan fingerprint density at radius 2 is 1.77 bits per heavy atom. The molecule has 1 aromatic carbocycles. The summed E-state index contributed by atoms with van der Waals surface area (Å²) in [6.07, 6.45) is 0.307. The van der Waals surface area contributed by atoms with Crippen LogP contribution in [0.2, 0.25) is 0 Å². The van der Waals surface area contributed by atoms with Crippen LogP contribution >= 0.6 is 12.4 Å². The number of ether oxygens (including phenoxy) is 2. The van der Waals surface area contributed by atoms with Crippen molar-refractivity contribution in [2.75, 3.05) is 0 Å². The van der Waals surface area contributed by atoms with Gasteiger partial charge in [0.15, 0.2) is 0 Å². The van der Waals surface area contributed by atoms with E-state index in [0.717, 1.165) is 5.56 Å². The second-order valence-electron chi connectivity index (χ2n) is 5.82. The molecule has 0 spiro atoms. The van der Waals surface area contributed by atoms with Crippen molar-refractivity contribution in [2.45, 2.75) is 51.9 Å². The van der Waals surface area contributed by atoms with Crippen LogP contribution in [0.5, 0.6) is 0 Å². The van der Waals surface area contributed by atoms with Crippen molar-refractivity contribution < 1.29 is 19.1 Å². The highest BCUT2D eigenvalue weighted by Crippen LogP contribution is 2.10. The summed E-state index contributed by atoms with van der Waals surface area (Å²) in [7, 11) is 0. The third-order valence-corrected chi connectivity index (χ3v) is 2.61. The first-order valence-electron chi connectivity index (χ1n) is 6.96. The van der Waals surface area contributed by atoms with E-state index < -0.39 is 17.6 Å². The van der Waals surface area contributed by atoms with Gasteiger partial charge < -0.3 is 15.2 Å². The molecule has 1 unspecified atom stereocenters. The van der Waals surface area contributed by atoms with E-state index in [1.807, 2.05) is 30.3 Å². The first kappa shape index (κ1) is 20.4. The van der Waals surface area contributed by atoms with Crippen LogP contribution in [0.3, 0.4) is 0 Å². The maximum Gasteiger partial charge on any atom is 0.323 e. The summed E-state index contributed by atoms with van der Waals surface area (Å²) in [5.74, 6) is -0.878. The maximum absolute atomic E-state index is 11.7. The molecule has 0 radical (unpaired) electrons. The van der Waals surface area contributed by atoms with Crippen molar-refractivity contribution in [3.8, 4) is 0 Å². The Labute approximate surface area is 137 Å². The molecule has 2 N–H and O–H groups in total. The number of hydrogen-bond acceptors (Lipinski definition) is 5. The van der Waals surface area contributed by atoms with Gasteiger partial charge in [0.25, 0.3) is 0 Å². The largest absolute Gasteiger partial charge is 0.460 e. The average Bonchev–Trinajstić information content (AvgIpc) is 2.41. The summed E-state index contributed by atoms with van der Waals surface area (Å²) in [4.78, 5) is 23.2. The molecule has 0 saturated carbocycles. The van der Waals surface area contributed by atoms with Crippen LogP contribution in [0.4, 0.5) is 0 Å². The SMILES string of the molecule is CC(C)(C)OC(=O)CCC(N)C(=O)OCc1ccccc1.Cl. The molecule has 1 aromatic rings. The van der Waals surface area contributed by atoms with E-state index in [0.29, 0.717) is 0 Å². The van der Waals surface area contributed by atoms with Gasteiger partial charge in [-0.2, -0.15) is 0 Å². The number of carbonyl (C=O) groups excluding carboxylic acids is 2. The van der Waals surface area contributed by atoms with Gasteiger partial charge in [-0.05, 0) is 32.8 Å². The molecule has 0 aliphatic carbocycles. The molecule has 5 nitrogen and oxygen atoms in total. The molecule has 0 aliphatic rings. The van der Waals surface area contributed by atoms with Crippen LogP contribution in [-0.4, -0.2) is 23.6 Å². The highest BCUT2D eigenvalue weighted by atomic mass is 35.5. The first-order chi connectivity index (χ1) is 9.78. The van der Waals surface area contributed by atoms with Crippen molar-refractivity contribution in [3.05, 3.63) is 35.9 Å². The molecule has 0 bridgehead atoms. The lowest BCUT2D eigenvalue weighted by molar-refractivity contribution is -0.155. The van der Waals surface area contributed by atoms with E-state index >= 15 is 0 Å². The van der Waals surface area contributed by atoms with E-state index in [-0.39, 0.29) is 37.8 Å². The Hall–Kier alpha value is -1.59. The van der Waals surface area contributed by atoms with E-state index in [9.17, 15) is 9.59 Å². The lowest BCUT2D eigenvalue weighted by Gasteiger charge is -2.20. The highest BCUT2D eigenvalue weighted by molar-refractivity contribution is 5.85. The maximum atomic E-state index is 11.7. The van der Waals surface area contributed by atoms with E-state index in [1.54, 1.807) is 20.8 Å². The number of esters is 2. The first-order valence-corrected chi connectivity index (χ1v) is 6.96. The van der Waals surface area contributed by atoms with Gasteiger partial charge in [0.05, 0.1) is 0 Å². The Morgan fingerprint density at radius 3 is 2.32 bits per heavy atom. The topological polar surface area (TPSA) is 78.6 Å². The van der Waals surface area contributed by atoms with E-state index in [2.05, 4.69) is 0 Å². The van der Waals surface area contributed by atoms with Crippen LogP contribution in [-0.2, 0) is 25.7 Å². The van der Waals surface area contributed by atoms with Gasteiger partial charge in [0.1, 0.15) is 18.2 Å². The fraction of sp³-hybridized carbons (Fsp3) is 0.500. The number of carbonyl (C=O) groups is 2. The van der Waals surface area contributed by atoms with Gasteiger partial charge in [-0.1, -0.05) is 30.3 Å². The van der Waals surface area contributed by atoms with Gasteiger partial charge >= 0.3 is 11.9 Å². The molecule has 6 heteroatoms. The minimum absolute atomic E-state index is 0. The number of halogens is 1. The Morgan fingerprint density at radius 1 is 1.18 bits per heavy atom. The van der Waals surface area contributed by atoms with Crippen molar-refractivity contribution in [2.24, 2.45) is 5.73 Å². The van der Waals surface area contributed by atoms with Crippen LogP contribution in [0.1, 0.15) is 39.2 Å². The fourth-order valence-corrected chi connectivity index (χ4v) is 1.62. The number of benzene rings is 1. The summed E-state index contributed by atoms with van der Waals surface area (Å²) < 4.78 is 10.3. The van der Waals surface area contributed by atoms with Crippen molar-refractivity contribution in [1.82, 2.24) is 0 Å². The summed E-state index contributed by atoms with van der Waals surface area (Å²) in [6.45, 7) is 5.55. The molecule has 1 rings (SSSR count). The molecular formula is C16H24ClNO4. The molecule has 0 amide bonds. The second-order valence-corrected chi connectivity index (χ2v) is 5.82. The average molecular weight is 330 g/mol. The van der Waals surface area contributed by atoms with E-state index in [4.69, 9.17) is 15.2 Å². The molecule has 0 fully saturated rings. The van der Waals surface area contributed by atoms with Crippen molar-refractivity contribution in [1.29, 1.82) is 0 Å². The summed E-state index contributed by atoms with van der Waals surface area (Å²) in [5, 5.41) is 0.